The predicted molar refractivity (Wildman–Crippen MR) is 65.4 cm³/mol. The van der Waals surface area contributed by atoms with Crippen LogP contribution in [0, 0.1) is 3.57 Å². The number of halogens is 1. The Balaban J connectivity index is 2.64. The minimum Gasteiger partial charge on any atom is -0.493 e. The Bertz CT molecular complexity index is 557. The molecule has 4 nitrogen and oxygen atoms in total. The maximum absolute atomic E-state index is 11.7. The number of aromatic nitrogens is 2. The molecule has 0 aliphatic carbocycles. The van der Waals surface area contributed by atoms with Gasteiger partial charge >= 0.3 is 5.69 Å². The molecule has 2 rings (SSSR count). The SMILES string of the molecule is Cn1c(O)cn(-c2cccc(I)c2)c1=O. The van der Waals surface area contributed by atoms with Crippen molar-refractivity contribution in [2.45, 2.75) is 0 Å². The lowest BCUT2D eigenvalue weighted by Crippen LogP contribution is -2.20. The van der Waals surface area contributed by atoms with Crippen molar-refractivity contribution in [2.75, 3.05) is 0 Å². The lowest BCUT2D eigenvalue weighted by molar-refractivity contribution is 0.429. The summed E-state index contributed by atoms with van der Waals surface area (Å²) in [6, 6.07) is 7.51. The molecule has 78 valence electrons. The molecular weight excluding hydrogens is 307 g/mol. The Labute approximate surface area is 99.9 Å². The predicted octanol–water partition coefficient (Wildman–Crippen LogP) is 1.49. The van der Waals surface area contributed by atoms with Gasteiger partial charge in [0.2, 0.25) is 5.88 Å². The van der Waals surface area contributed by atoms with E-state index in [0.29, 0.717) is 0 Å². The molecule has 0 radical (unpaired) electrons. The van der Waals surface area contributed by atoms with Gasteiger partial charge in [-0.25, -0.2) is 4.79 Å². The summed E-state index contributed by atoms with van der Waals surface area (Å²) < 4.78 is 3.65. The fraction of sp³-hybridized carbons (Fsp3) is 0.100. The van der Waals surface area contributed by atoms with E-state index in [9.17, 15) is 9.90 Å². The molecule has 0 bridgehead atoms. The summed E-state index contributed by atoms with van der Waals surface area (Å²) in [7, 11) is 1.53. The third kappa shape index (κ3) is 1.79. The summed E-state index contributed by atoms with van der Waals surface area (Å²) in [6.07, 6.45) is 1.41. The molecule has 0 amide bonds. The van der Waals surface area contributed by atoms with Crippen LogP contribution in [-0.4, -0.2) is 14.2 Å². The van der Waals surface area contributed by atoms with E-state index in [1.54, 1.807) is 0 Å². The summed E-state index contributed by atoms with van der Waals surface area (Å²) in [6.45, 7) is 0. The molecule has 0 aliphatic heterocycles. The van der Waals surface area contributed by atoms with Crippen molar-refractivity contribution in [3.05, 3.63) is 44.5 Å². The Morgan fingerprint density at radius 2 is 2.13 bits per heavy atom. The van der Waals surface area contributed by atoms with Crippen LogP contribution in [0.25, 0.3) is 5.69 Å². The van der Waals surface area contributed by atoms with Crippen LogP contribution in [-0.2, 0) is 7.05 Å². The molecule has 0 unspecified atom stereocenters. The summed E-state index contributed by atoms with van der Waals surface area (Å²) in [5, 5.41) is 9.39. The lowest BCUT2D eigenvalue weighted by atomic mass is 10.3. The first-order chi connectivity index (χ1) is 7.09. The van der Waals surface area contributed by atoms with Crippen molar-refractivity contribution in [3.8, 4) is 11.6 Å². The van der Waals surface area contributed by atoms with Crippen LogP contribution in [0.3, 0.4) is 0 Å². The molecule has 0 aliphatic rings. The summed E-state index contributed by atoms with van der Waals surface area (Å²) in [5.41, 5.74) is 0.498. The zero-order chi connectivity index (χ0) is 11.0. The van der Waals surface area contributed by atoms with Crippen LogP contribution in [0.2, 0.25) is 0 Å². The quantitative estimate of drug-likeness (QED) is 0.810. The summed E-state index contributed by atoms with van der Waals surface area (Å²) >= 11 is 2.17. The standard InChI is InChI=1S/C10H9IN2O2/c1-12-9(14)6-13(10(12)15)8-4-2-3-7(11)5-8/h2-6,14H,1H3. The highest BCUT2D eigenvalue weighted by molar-refractivity contribution is 14.1. The molecule has 15 heavy (non-hydrogen) atoms. The van der Waals surface area contributed by atoms with Crippen LogP contribution in [0.15, 0.2) is 35.3 Å². The Morgan fingerprint density at radius 3 is 2.67 bits per heavy atom. The van der Waals surface area contributed by atoms with Crippen molar-refractivity contribution in [1.82, 2.24) is 9.13 Å². The average molecular weight is 316 g/mol. The summed E-state index contributed by atoms with van der Waals surface area (Å²) in [4.78, 5) is 11.7. The number of hydrogen-bond acceptors (Lipinski definition) is 2. The van der Waals surface area contributed by atoms with E-state index in [-0.39, 0.29) is 11.6 Å². The van der Waals surface area contributed by atoms with E-state index in [2.05, 4.69) is 22.6 Å². The molecule has 5 heteroatoms. The first-order valence-corrected chi connectivity index (χ1v) is 5.41. The van der Waals surface area contributed by atoms with Gasteiger partial charge in [-0.05, 0) is 40.8 Å². The second kappa shape index (κ2) is 3.73. The molecular formula is C10H9IN2O2. The summed E-state index contributed by atoms with van der Waals surface area (Å²) in [5.74, 6) is -0.0427. The monoisotopic (exact) mass is 316 g/mol. The topological polar surface area (TPSA) is 47.2 Å². The van der Waals surface area contributed by atoms with Gasteiger partial charge in [0.1, 0.15) is 0 Å². The minimum atomic E-state index is -0.255. The van der Waals surface area contributed by atoms with Crippen LogP contribution >= 0.6 is 22.6 Å². The van der Waals surface area contributed by atoms with Crippen molar-refractivity contribution in [1.29, 1.82) is 0 Å². The minimum absolute atomic E-state index is 0.0427. The molecule has 1 heterocycles. The fourth-order valence-corrected chi connectivity index (χ4v) is 1.85. The van der Waals surface area contributed by atoms with Crippen molar-refractivity contribution in [2.24, 2.45) is 7.05 Å². The third-order valence-corrected chi connectivity index (χ3v) is 2.84. The molecule has 0 saturated carbocycles. The number of rotatable bonds is 1. The first-order valence-electron chi connectivity index (χ1n) is 4.33. The average Bonchev–Trinajstić information content (AvgIpc) is 2.46. The molecule has 1 N–H and O–H groups in total. The van der Waals surface area contributed by atoms with E-state index in [1.807, 2.05) is 24.3 Å². The highest BCUT2D eigenvalue weighted by Crippen LogP contribution is 2.13. The maximum Gasteiger partial charge on any atom is 0.335 e. The molecule has 1 aromatic heterocycles. The molecule has 0 atom stereocenters. The van der Waals surface area contributed by atoms with Gasteiger partial charge in [0.15, 0.2) is 0 Å². The number of nitrogens with zero attached hydrogens (tertiary/aromatic N) is 2. The zero-order valence-corrected chi connectivity index (χ0v) is 10.2. The molecule has 0 saturated heterocycles. The van der Waals surface area contributed by atoms with Crippen LogP contribution in [0.4, 0.5) is 0 Å². The van der Waals surface area contributed by atoms with Crippen LogP contribution in [0.1, 0.15) is 0 Å². The van der Waals surface area contributed by atoms with E-state index >= 15 is 0 Å². The van der Waals surface area contributed by atoms with Gasteiger partial charge in [-0.3, -0.25) is 9.13 Å². The van der Waals surface area contributed by atoms with Gasteiger partial charge < -0.3 is 5.11 Å². The van der Waals surface area contributed by atoms with E-state index < -0.39 is 0 Å². The first kappa shape index (κ1) is 10.3. The molecule has 2 aromatic rings. The second-order valence-corrected chi connectivity index (χ2v) is 4.42. The molecule has 1 aromatic carbocycles. The smallest absolute Gasteiger partial charge is 0.335 e. The maximum atomic E-state index is 11.7. The van der Waals surface area contributed by atoms with Crippen LogP contribution in [0.5, 0.6) is 5.88 Å². The van der Waals surface area contributed by atoms with E-state index in [0.717, 1.165) is 9.26 Å². The van der Waals surface area contributed by atoms with Gasteiger partial charge in [-0.15, -0.1) is 0 Å². The number of imidazole rings is 1. The Kier molecular flexibility index (Phi) is 2.56. The van der Waals surface area contributed by atoms with Gasteiger partial charge in [0.25, 0.3) is 0 Å². The van der Waals surface area contributed by atoms with Crippen molar-refractivity contribution >= 4 is 22.6 Å². The van der Waals surface area contributed by atoms with Gasteiger partial charge in [0.05, 0.1) is 11.9 Å². The largest absolute Gasteiger partial charge is 0.493 e. The van der Waals surface area contributed by atoms with Gasteiger partial charge in [-0.2, -0.15) is 0 Å². The Hall–Kier alpha value is -1.24. The van der Waals surface area contributed by atoms with Crippen molar-refractivity contribution < 1.29 is 5.11 Å². The normalized spacial score (nSPS) is 10.5. The lowest BCUT2D eigenvalue weighted by Gasteiger charge is -2.00. The van der Waals surface area contributed by atoms with E-state index in [1.165, 1.54) is 22.4 Å². The Morgan fingerprint density at radius 1 is 1.40 bits per heavy atom. The molecule has 0 spiro atoms. The zero-order valence-electron chi connectivity index (χ0n) is 8.01. The van der Waals surface area contributed by atoms with Gasteiger partial charge in [-0.1, -0.05) is 6.07 Å². The van der Waals surface area contributed by atoms with Crippen molar-refractivity contribution in [3.63, 3.8) is 0 Å². The van der Waals surface area contributed by atoms with Gasteiger partial charge in [0, 0.05) is 10.6 Å². The highest BCUT2D eigenvalue weighted by atomic mass is 127. The van der Waals surface area contributed by atoms with Crippen LogP contribution < -0.4 is 5.69 Å². The number of hydrogen-bond donors (Lipinski definition) is 1. The van der Waals surface area contributed by atoms with E-state index in [4.69, 9.17) is 0 Å². The third-order valence-electron chi connectivity index (χ3n) is 2.17. The highest BCUT2D eigenvalue weighted by Gasteiger charge is 2.07. The fourth-order valence-electron chi connectivity index (χ4n) is 1.33. The molecule has 0 fully saturated rings. The number of aromatic hydroxyl groups is 1. The number of benzene rings is 1. The second-order valence-electron chi connectivity index (χ2n) is 3.18.